The average molecular weight is 270 g/mol. The van der Waals surface area contributed by atoms with Crippen LogP contribution in [0.3, 0.4) is 0 Å². The molecule has 0 radical (unpaired) electrons. The zero-order valence-electron chi connectivity index (χ0n) is 9.41. The second-order valence-electron chi connectivity index (χ2n) is 4.01. The Morgan fingerprint density at radius 3 is 2.53 bits per heavy atom. The topological polar surface area (TPSA) is 39.2 Å². The summed E-state index contributed by atoms with van der Waals surface area (Å²) in [6, 6.07) is 9.17. The number of nitrogens with two attached hydrogens (primary N) is 1. The van der Waals surface area contributed by atoms with Crippen LogP contribution in [0.2, 0.25) is 10.0 Å². The van der Waals surface area contributed by atoms with E-state index < -0.39 is 0 Å². The number of rotatable bonds is 3. The molecule has 1 heterocycles. The molecule has 90 valence electrons. The predicted octanol–water partition coefficient (Wildman–Crippen LogP) is 4.14. The molecule has 1 aromatic carbocycles. The molecule has 2 rings (SSSR count). The molecule has 2 nitrogen and oxygen atoms in total. The summed E-state index contributed by atoms with van der Waals surface area (Å²) in [5.74, 6) is 1.65. The summed E-state index contributed by atoms with van der Waals surface area (Å²) in [5.41, 5.74) is 7.10. The van der Waals surface area contributed by atoms with Crippen molar-refractivity contribution in [3.63, 3.8) is 0 Å². The van der Waals surface area contributed by atoms with Gasteiger partial charge in [0.1, 0.15) is 11.5 Å². The van der Waals surface area contributed by atoms with E-state index in [1.807, 2.05) is 31.2 Å². The van der Waals surface area contributed by atoms with Gasteiger partial charge in [-0.15, -0.1) is 0 Å². The number of hydrogen-bond acceptors (Lipinski definition) is 2. The fourth-order valence-electron chi connectivity index (χ4n) is 1.67. The maximum Gasteiger partial charge on any atom is 0.121 e. The third kappa shape index (κ3) is 3.03. The SMILES string of the molecule is Cc1ccc(C(N)Cc2ccc(Cl)c(Cl)c2)o1. The quantitative estimate of drug-likeness (QED) is 0.910. The molecule has 0 spiro atoms. The molecule has 1 atom stereocenters. The van der Waals surface area contributed by atoms with Crippen LogP contribution in [-0.4, -0.2) is 0 Å². The molecule has 2 aromatic rings. The van der Waals surface area contributed by atoms with E-state index in [1.54, 1.807) is 6.07 Å². The predicted molar refractivity (Wildman–Crippen MR) is 70.5 cm³/mol. The van der Waals surface area contributed by atoms with Crippen molar-refractivity contribution in [3.05, 3.63) is 57.5 Å². The van der Waals surface area contributed by atoms with Gasteiger partial charge in [0.2, 0.25) is 0 Å². The molecule has 0 saturated carbocycles. The Labute approximate surface area is 110 Å². The van der Waals surface area contributed by atoms with Gasteiger partial charge in [-0.2, -0.15) is 0 Å². The Bertz CT molecular complexity index is 522. The normalized spacial score (nSPS) is 12.7. The molecule has 0 bridgehead atoms. The van der Waals surface area contributed by atoms with Crippen LogP contribution in [0, 0.1) is 6.92 Å². The molecule has 1 unspecified atom stereocenters. The Kier molecular flexibility index (Phi) is 3.77. The minimum Gasteiger partial charge on any atom is -0.465 e. The summed E-state index contributed by atoms with van der Waals surface area (Å²) >= 11 is 11.8. The summed E-state index contributed by atoms with van der Waals surface area (Å²) in [6.45, 7) is 1.90. The molecule has 0 aliphatic carbocycles. The lowest BCUT2D eigenvalue weighted by Gasteiger charge is -2.09. The molecule has 0 aliphatic heterocycles. The molecule has 17 heavy (non-hydrogen) atoms. The highest BCUT2D eigenvalue weighted by Crippen LogP contribution is 2.25. The van der Waals surface area contributed by atoms with E-state index in [2.05, 4.69) is 0 Å². The minimum atomic E-state index is -0.166. The van der Waals surface area contributed by atoms with Crippen LogP contribution in [-0.2, 0) is 6.42 Å². The van der Waals surface area contributed by atoms with Crippen LogP contribution in [0.5, 0.6) is 0 Å². The monoisotopic (exact) mass is 269 g/mol. The van der Waals surface area contributed by atoms with Crippen molar-refractivity contribution in [1.29, 1.82) is 0 Å². The van der Waals surface area contributed by atoms with Gasteiger partial charge in [-0.1, -0.05) is 29.3 Å². The van der Waals surface area contributed by atoms with Gasteiger partial charge < -0.3 is 10.2 Å². The van der Waals surface area contributed by atoms with Crippen LogP contribution in [0.15, 0.2) is 34.7 Å². The number of furan rings is 1. The lowest BCUT2D eigenvalue weighted by atomic mass is 10.1. The Morgan fingerprint density at radius 2 is 1.94 bits per heavy atom. The zero-order valence-corrected chi connectivity index (χ0v) is 10.9. The van der Waals surface area contributed by atoms with Crippen LogP contribution in [0.4, 0.5) is 0 Å². The van der Waals surface area contributed by atoms with Crippen molar-refractivity contribution in [2.24, 2.45) is 5.73 Å². The molecule has 2 N–H and O–H groups in total. The third-order valence-corrected chi connectivity index (χ3v) is 3.31. The van der Waals surface area contributed by atoms with Gasteiger partial charge in [-0.05, 0) is 43.2 Å². The van der Waals surface area contributed by atoms with Crippen LogP contribution < -0.4 is 5.73 Å². The first-order valence-electron chi connectivity index (χ1n) is 5.32. The van der Waals surface area contributed by atoms with Crippen molar-refractivity contribution in [1.82, 2.24) is 0 Å². The van der Waals surface area contributed by atoms with Gasteiger partial charge in [0.05, 0.1) is 16.1 Å². The smallest absolute Gasteiger partial charge is 0.121 e. The van der Waals surface area contributed by atoms with Gasteiger partial charge in [0.25, 0.3) is 0 Å². The van der Waals surface area contributed by atoms with Crippen LogP contribution >= 0.6 is 23.2 Å². The van der Waals surface area contributed by atoms with E-state index in [0.29, 0.717) is 16.5 Å². The number of hydrogen-bond donors (Lipinski definition) is 1. The Morgan fingerprint density at radius 1 is 1.18 bits per heavy atom. The lowest BCUT2D eigenvalue weighted by Crippen LogP contribution is -2.12. The molecular formula is C13H13Cl2NO. The number of halogens is 2. The van der Waals surface area contributed by atoms with Gasteiger partial charge in [0, 0.05) is 0 Å². The Balaban J connectivity index is 2.12. The first kappa shape index (κ1) is 12.5. The molecule has 0 saturated heterocycles. The highest BCUT2D eigenvalue weighted by atomic mass is 35.5. The van der Waals surface area contributed by atoms with Gasteiger partial charge in [-0.3, -0.25) is 0 Å². The zero-order chi connectivity index (χ0) is 12.4. The first-order chi connectivity index (χ1) is 8.06. The second kappa shape index (κ2) is 5.13. The van der Waals surface area contributed by atoms with Crippen molar-refractivity contribution >= 4 is 23.2 Å². The van der Waals surface area contributed by atoms with Crippen LogP contribution in [0.25, 0.3) is 0 Å². The second-order valence-corrected chi connectivity index (χ2v) is 4.82. The first-order valence-corrected chi connectivity index (χ1v) is 6.07. The fourth-order valence-corrected chi connectivity index (χ4v) is 1.99. The maximum atomic E-state index is 6.06. The van der Waals surface area contributed by atoms with Crippen molar-refractivity contribution in [3.8, 4) is 0 Å². The van der Waals surface area contributed by atoms with Crippen molar-refractivity contribution < 1.29 is 4.42 Å². The van der Waals surface area contributed by atoms with Gasteiger partial charge in [-0.25, -0.2) is 0 Å². The standard InChI is InChI=1S/C13H13Cl2NO/c1-8-2-5-13(17-8)12(16)7-9-3-4-10(14)11(15)6-9/h2-6,12H,7,16H2,1H3. The van der Waals surface area contributed by atoms with E-state index >= 15 is 0 Å². The molecule has 4 heteroatoms. The summed E-state index contributed by atoms with van der Waals surface area (Å²) in [5, 5.41) is 1.10. The fraction of sp³-hybridized carbons (Fsp3) is 0.231. The summed E-state index contributed by atoms with van der Waals surface area (Å²) < 4.78 is 5.49. The molecular weight excluding hydrogens is 257 g/mol. The largest absolute Gasteiger partial charge is 0.465 e. The molecule has 0 amide bonds. The molecule has 0 fully saturated rings. The van der Waals surface area contributed by atoms with E-state index in [1.165, 1.54) is 0 Å². The maximum absolute atomic E-state index is 6.06. The van der Waals surface area contributed by atoms with E-state index in [9.17, 15) is 0 Å². The summed E-state index contributed by atoms with van der Waals surface area (Å²) in [6.07, 6.45) is 0.670. The average Bonchev–Trinajstić information content (AvgIpc) is 2.70. The van der Waals surface area contributed by atoms with Gasteiger partial charge in [0.15, 0.2) is 0 Å². The number of aryl methyl sites for hydroxylation is 1. The lowest BCUT2D eigenvalue weighted by molar-refractivity contribution is 0.445. The third-order valence-electron chi connectivity index (χ3n) is 2.57. The van der Waals surface area contributed by atoms with E-state index in [-0.39, 0.29) is 6.04 Å². The van der Waals surface area contributed by atoms with Crippen molar-refractivity contribution in [2.45, 2.75) is 19.4 Å². The number of benzene rings is 1. The minimum absolute atomic E-state index is 0.166. The van der Waals surface area contributed by atoms with Crippen LogP contribution in [0.1, 0.15) is 23.1 Å². The highest BCUT2D eigenvalue weighted by molar-refractivity contribution is 6.42. The summed E-state index contributed by atoms with van der Waals surface area (Å²) in [7, 11) is 0. The highest BCUT2D eigenvalue weighted by Gasteiger charge is 2.11. The Hall–Kier alpha value is -0.960. The van der Waals surface area contributed by atoms with Gasteiger partial charge >= 0.3 is 0 Å². The van der Waals surface area contributed by atoms with Crippen molar-refractivity contribution in [2.75, 3.05) is 0 Å². The molecule has 0 aliphatic rings. The van der Waals surface area contributed by atoms with E-state index in [4.69, 9.17) is 33.4 Å². The van der Waals surface area contributed by atoms with E-state index in [0.717, 1.165) is 17.1 Å². The molecule has 1 aromatic heterocycles. The summed E-state index contributed by atoms with van der Waals surface area (Å²) in [4.78, 5) is 0.